The molecule has 8 nitrogen and oxygen atoms in total. The summed E-state index contributed by atoms with van der Waals surface area (Å²) in [5.74, 6) is -0.882. The molecule has 0 bridgehead atoms. The van der Waals surface area contributed by atoms with Gasteiger partial charge in [-0.25, -0.2) is 9.59 Å². The lowest BCUT2D eigenvalue weighted by Gasteiger charge is -2.32. The number of hydrogen-bond acceptors (Lipinski definition) is 7. The average molecular weight is 337 g/mol. The standard InChI is InChI=1S/C13H23NO7S/c1-11(2,3)20-9(15)13(7)8-19-22(17,18)14(13)10(16)21-12(4,5)6/h8H2,1-7H3/t13-/m1/s1. The van der Waals surface area contributed by atoms with Gasteiger partial charge in [0.25, 0.3) is 0 Å². The highest BCUT2D eigenvalue weighted by Crippen LogP contribution is 2.33. The zero-order chi connectivity index (χ0) is 17.6. The number of nitrogens with zero attached hydrogens (tertiary/aromatic N) is 1. The normalized spacial score (nSPS) is 25.0. The molecule has 0 unspecified atom stereocenters. The van der Waals surface area contributed by atoms with Crippen molar-refractivity contribution in [2.24, 2.45) is 0 Å². The van der Waals surface area contributed by atoms with Crippen LogP contribution in [0.25, 0.3) is 0 Å². The summed E-state index contributed by atoms with van der Waals surface area (Å²) in [6.07, 6.45) is -1.18. The van der Waals surface area contributed by atoms with Crippen molar-refractivity contribution in [3.8, 4) is 0 Å². The Hall–Kier alpha value is -1.35. The molecular formula is C13H23NO7S. The van der Waals surface area contributed by atoms with Crippen molar-refractivity contribution in [3.05, 3.63) is 0 Å². The highest BCUT2D eigenvalue weighted by molar-refractivity contribution is 7.85. The van der Waals surface area contributed by atoms with Crippen molar-refractivity contribution < 1.29 is 31.7 Å². The molecule has 1 heterocycles. The summed E-state index contributed by atoms with van der Waals surface area (Å²) in [5, 5.41) is 0. The van der Waals surface area contributed by atoms with Gasteiger partial charge in [-0.15, -0.1) is 0 Å². The van der Waals surface area contributed by atoms with Crippen molar-refractivity contribution in [3.63, 3.8) is 0 Å². The minimum atomic E-state index is -4.41. The summed E-state index contributed by atoms with van der Waals surface area (Å²) < 4.78 is 39.1. The lowest BCUT2D eigenvalue weighted by molar-refractivity contribution is -0.165. The maximum absolute atomic E-state index is 12.3. The SMILES string of the molecule is CC(C)(C)OC(=O)N1[C@@](C)(C(=O)OC(C)(C)C)COS1(=O)=O. The molecule has 0 spiro atoms. The molecule has 128 valence electrons. The predicted octanol–water partition coefficient (Wildman–Crippen LogP) is 1.60. The number of hydrogen-bond donors (Lipinski definition) is 0. The Bertz CT molecular complexity index is 570. The van der Waals surface area contributed by atoms with Gasteiger partial charge in [0, 0.05) is 0 Å². The maximum atomic E-state index is 12.3. The lowest BCUT2D eigenvalue weighted by Crippen LogP contribution is -2.56. The molecule has 1 fully saturated rings. The van der Waals surface area contributed by atoms with E-state index in [2.05, 4.69) is 4.18 Å². The van der Waals surface area contributed by atoms with Gasteiger partial charge in [0.2, 0.25) is 0 Å². The number of carbonyl (C=O) groups excluding carboxylic acids is 2. The molecule has 1 rings (SSSR count). The van der Waals surface area contributed by atoms with Crippen LogP contribution in [0.5, 0.6) is 0 Å². The quantitative estimate of drug-likeness (QED) is 0.670. The van der Waals surface area contributed by atoms with E-state index >= 15 is 0 Å². The maximum Gasteiger partial charge on any atom is 0.427 e. The van der Waals surface area contributed by atoms with Crippen LogP contribution in [0.3, 0.4) is 0 Å². The molecule has 0 aromatic carbocycles. The molecular weight excluding hydrogens is 314 g/mol. The second-order valence-corrected chi connectivity index (χ2v) is 8.70. The number of ether oxygens (including phenoxy) is 2. The minimum Gasteiger partial charge on any atom is -0.458 e. The van der Waals surface area contributed by atoms with Gasteiger partial charge >= 0.3 is 22.4 Å². The molecule has 1 atom stereocenters. The second-order valence-electron chi connectivity index (χ2n) is 7.24. The largest absolute Gasteiger partial charge is 0.458 e. The summed E-state index contributed by atoms with van der Waals surface area (Å²) in [6, 6.07) is 0. The fraction of sp³-hybridized carbons (Fsp3) is 0.846. The second kappa shape index (κ2) is 5.38. The Labute approximate surface area is 131 Å². The van der Waals surface area contributed by atoms with Crippen LogP contribution in [0.4, 0.5) is 4.79 Å². The van der Waals surface area contributed by atoms with Gasteiger partial charge in [-0.05, 0) is 48.5 Å². The molecule has 1 aliphatic heterocycles. The van der Waals surface area contributed by atoms with E-state index in [0.717, 1.165) is 0 Å². The lowest BCUT2D eigenvalue weighted by atomic mass is 10.0. The minimum absolute atomic E-state index is 0.305. The third-order valence-corrected chi connectivity index (χ3v) is 3.97. The van der Waals surface area contributed by atoms with E-state index in [1.807, 2.05) is 0 Å². The molecule has 22 heavy (non-hydrogen) atoms. The van der Waals surface area contributed by atoms with Gasteiger partial charge in [-0.3, -0.25) is 4.18 Å². The number of carbonyl (C=O) groups is 2. The highest BCUT2D eigenvalue weighted by Gasteiger charge is 2.59. The molecule has 1 aliphatic rings. The molecule has 0 radical (unpaired) electrons. The molecule has 0 saturated carbocycles. The first kappa shape index (κ1) is 18.7. The van der Waals surface area contributed by atoms with E-state index in [1.165, 1.54) is 6.92 Å². The summed E-state index contributed by atoms with van der Waals surface area (Å²) >= 11 is 0. The third-order valence-electron chi connectivity index (χ3n) is 2.56. The van der Waals surface area contributed by atoms with E-state index < -0.39 is 45.7 Å². The van der Waals surface area contributed by atoms with Crippen molar-refractivity contribution in [2.45, 2.75) is 65.2 Å². The van der Waals surface area contributed by atoms with Crippen LogP contribution in [-0.2, 0) is 28.8 Å². The van der Waals surface area contributed by atoms with Crippen LogP contribution in [0, 0.1) is 0 Å². The third kappa shape index (κ3) is 4.10. The van der Waals surface area contributed by atoms with Gasteiger partial charge in [0.15, 0.2) is 5.54 Å². The topological polar surface area (TPSA) is 99.2 Å². The zero-order valence-electron chi connectivity index (χ0n) is 13.9. The Morgan fingerprint density at radius 1 is 1.05 bits per heavy atom. The van der Waals surface area contributed by atoms with Crippen LogP contribution >= 0.6 is 0 Å². The summed E-state index contributed by atoms with van der Waals surface area (Å²) in [7, 11) is -4.41. The van der Waals surface area contributed by atoms with E-state index in [9.17, 15) is 18.0 Å². The van der Waals surface area contributed by atoms with E-state index in [0.29, 0.717) is 4.31 Å². The first-order chi connectivity index (χ1) is 9.58. The number of esters is 1. The van der Waals surface area contributed by atoms with Crippen molar-refractivity contribution in [1.82, 2.24) is 4.31 Å². The van der Waals surface area contributed by atoms with Crippen LogP contribution < -0.4 is 0 Å². The molecule has 0 aliphatic carbocycles. The fourth-order valence-electron chi connectivity index (χ4n) is 1.67. The first-order valence-corrected chi connectivity index (χ1v) is 8.11. The summed E-state index contributed by atoms with van der Waals surface area (Å²) in [5.41, 5.74) is -3.58. The molecule has 0 aromatic rings. The summed E-state index contributed by atoms with van der Waals surface area (Å²) in [6.45, 7) is 10.4. The number of rotatable bonds is 1. The Balaban J connectivity index is 3.18. The fourth-order valence-corrected chi connectivity index (χ4v) is 3.00. The highest BCUT2D eigenvalue weighted by atomic mass is 32.2. The van der Waals surface area contributed by atoms with Crippen molar-refractivity contribution in [2.75, 3.05) is 6.61 Å². The van der Waals surface area contributed by atoms with Gasteiger partial charge < -0.3 is 9.47 Å². The Kier molecular flexibility index (Phi) is 4.57. The first-order valence-electron chi connectivity index (χ1n) is 6.75. The van der Waals surface area contributed by atoms with Crippen LogP contribution in [-0.4, -0.2) is 48.1 Å². The number of amides is 1. The van der Waals surface area contributed by atoms with E-state index in [-0.39, 0.29) is 0 Å². The molecule has 1 amide bonds. The van der Waals surface area contributed by atoms with Crippen LogP contribution in [0.2, 0.25) is 0 Å². The van der Waals surface area contributed by atoms with E-state index in [1.54, 1.807) is 41.5 Å². The van der Waals surface area contributed by atoms with Crippen LogP contribution in [0.15, 0.2) is 0 Å². The van der Waals surface area contributed by atoms with Gasteiger partial charge in [0.1, 0.15) is 17.8 Å². The Morgan fingerprint density at radius 3 is 1.91 bits per heavy atom. The Morgan fingerprint density at radius 2 is 1.50 bits per heavy atom. The summed E-state index contributed by atoms with van der Waals surface area (Å²) in [4.78, 5) is 24.5. The molecule has 0 aromatic heterocycles. The van der Waals surface area contributed by atoms with Crippen molar-refractivity contribution in [1.29, 1.82) is 0 Å². The van der Waals surface area contributed by atoms with Gasteiger partial charge in [0.05, 0.1) is 0 Å². The zero-order valence-corrected chi connectivity index (χ0v) is 14.7. The van der Waals surface area contributed by atoms with Gasteiger partial charge in [-0.2, -0.15) is 12.7 Å². The predicted molar refractivity (Wildman–Crippen MR) is 77.2 cm³/mol. The molecule has 1 saturated heterocycles. The van der Waals surface area contributed by atoms with Crippen molar-refractivity contribution >= 4 is 22.4 Å². The van der Waals surface area contributed by atoms with Crippen LogP contribution in [0.1, 0.15) is 48.5 Å². The van der Waals surface area contributed by atoms with E-state index in [4.69, 9.17) is 9.47 Å². The van der Waals surface area contributed by atoms with Gasteiger partial charge in [-0.1, -0.05) is 0 Å². The monoisotopic (exact) mass is 337 g/mol. The smallest absolute Gasteiger partial charge is 0.427 e. The molecule has 9 heteroatoms. The molecule has 0 N–H and O–H groups in total. The average Bonchev–Trinajstić information content (AvgIpc) is 2.45.